The van der Waals surface area contributed by atoms with Gasteiger partial charge < -0.3 is 10.3 Å². The standard InChI is InChI=1S/C8H8BrNO2/c1-5-2-7(9)3-6(4-10-12)8(5)11/h2-4,11-12H,1H3/b10-4+. The first kappa shape index (κ1) is 9.06. The van der Waals surface area contributed by atoms with E-state index in [1.165, 1.54) is 6.21 Å². The van der Waals surface area contributed by atoms with Crippen LogP contribution in [0.25, 0.3) is 0 Å². The van der Waals surface area contributed by atoms with E-state index < -0.39 is 0 Å². The van der Waals surface area contributed by atoms with Crippen LogP contribution in [0.3, 0.4) is 0 Å². The minimum absolute atomic E-state index is 0.135. The largest absolute Gasteiger partial charge is 0.507 e. The summed E-state index contributed by atoms with van der Waals surface area (Å²) >= 11 is 3.26. The second-order valence-electron chi connectivity index (χ2n) is 2.41. The first-order valence-electron chi connectivity index (χ1n) is 3.31. The highest BCUT2D eigenvalue weighted by Crippen LogP contribution is 2.25. The Bertz CT molecular complexity index is 323. The summed E-state index contributed by atoms with van der Waals surface area (Å²) in [6, 6.07) is 3.45. The highest BCUT2D eigenvalue weighted by atomic mass is 79.9. The Balaban J connectivity index is 3.27. The van der Waals surface area contributed by atoms with Gasteiger partial charge in [0.2, 0.25) is 0 Å². The number of nitrogens with zero attached hydrogens (tertiary/aromatic N) is 1. The summed E-state index contributed by atoms with van der Waals surface area (Å²) in [4.78, 5) is 0. The van der Waals surface area contributed by atoms with Crippen LogP contribution in [0.15, 0.2) is 21.8 Å². The maximum Gasteiger partial charge on any atom is 0.127 e. The van der Waals surface area contributed by atoms with Crippen molar-refractivity contribution in [3.05, 3.63) is 27.7 Å². The lowest BCUT2D eigenvalue weighted by Crippen LogP contribution is -1.85. The van der Waals surface area contributed by atoms with Gasteiger partial charge in [0.25, 0.3) is 0 Å². The summed E-state index contributed by atoms with van der Waals surface area (Å²) < 4.78 is 0.840. The third-order valence-electron chi connectivity index (χ3n) is 1.49. The minimum atomic E-state index is 0.135. The number of phenols is 1. The average Bonchev–Trinajstić information content (AvgIpc) is 2.00. The Kier molecular flexibility index (Phi) is 2.70. The van der Waals surface area contributed by atoms with Gasteiger partial charge in [-0.25, -0.2) is 0 Å². The van der Waals surface area contributed by atoms with Crippen molar-refractivity contribution in [2.45, 2.75) is 6.92 Å². The van der Waals surface area contributed by atoms with Gasteiger partial charge in [-0.1, -0.05) is 21.1 Å². The molecule has 0 aliphatic carbocycles. The molecule has 1 rings (SSSR count). The van der Waals surface area contributed by atoms with Gasteiger partial charge in [0.05, 0.1) is 6.21 Å². The van der Waals surface area contributed by atoms with Gasteiger partial charge in [-0.15, -0.1) is 0 Å². The van der Waals surface area contributed by atoms with Crippen LogP contribution < -0.4 is 0 Å². The van der Waals surface area contributed by atoms with Gasteiger partial charge in [0, 0.05) is 10.0 Å². The molecule has 0 aromatic heterocycles. The molecule has 0 unspecified atom stereocenters. The van der Waals surface area contributed by atoms with Crippen LogP contribution in [0.2, 0.25) is 0 Å². The smallest absolute Gasteiger partial charge is 0.127 e. The van der Waals surface area contributed by atoms with Crippen molar-refractivity contribution in [1.82, 2.24) is 0 Å². The van der Waals surface area contributed by atoms with Crippen molar-refractivity contribution in [3.63, 3.8) is 0 Å². The maximum absolute atomic E-state index is 9.43. The van der Waals surface area contributed by atoms with Gasteiger partial charge in [0.15, 0.2) is 0 Å². The number of oxime groups is 1. The van der Waals surface area contributed by atoms with Crippen LogP contribution in [0.5, 0.6) is 5.75 Å². The van der Waals surface area contributed by atoms with E-state index >= 15 is 0 Å². The highest BCUT2D eigenvalue weighted by molar-refractivity contribution is 9.10. The molecule has 4 heteroatoms. The Morgan fingerprint density at radius 2 is 2.17 bits per heavy atom. The van der Waals surface area contributed by atoms with Crippen molar-refractivity contribution in [3.8, 4) is 5.75 Å². The lowest BCUT2D eigenvalue weighted by atomic mass is 10.1. The molecule has 0 saturated heterocycles. The van der Waals surface area contributed by atoms with Crippen molar-refractivity contribution in [1.29, 1.82) is 0 Å². The zero-order valence-corrected chi connectivity index (χ0v) is 8.04. The van der Waals surface area contributed by atoms with E-state index in [9.17, 15) is 5.11 Å². The second-order valence-corrected chi connectivity index (χ2v) is 3.32. The molecule has 0 spiro atoms. The van der Waals surface area contributed by atoms with Crippen LogP contribution in [-0.2, 0) is 0 Å². The first-order valence-corrected chi connectivity index (χ1v) is 4.11. The normalized spacial score (nSPS) is 10.8. The Hall–Kier alpha value is -1.03. The monoisotopic (exact) mass is 229 g/mol. The Morgan fingerprint density at radius 1 is 1.50 bits per heavy atom. The summed E-state index contributed by atoms with van der Waals surface area (Å²) in [6.07, 6.45) is 1.19. The van der Waals surface area contributed by atoms with Gasteiger partial charge in [0.1, 0.15) is 5.75 Å². The van der Waals surface area contributed by atoms with E-state index in [4.69, 9.17) is 5.21 Å². The predicted octanol–water partition coefficient (Wildman–Crippen LogP) is 2.27. The summed E-state index contributed by atoms with van der Waals surface area (Å²) in [5, 5.41) is 20.5. The number of aromatic hydroxyl groups is 1. The van der Waals surface area contributed by atoms with Crippen LogP contribution in [0.1, 0.15) is 11.1 Å². The number of hydrogen-bond acceptors (Lipinski definition) is 3. The highest BCUT2D eigenvalue weighted by Gasteiger charge is 2.03. The third kappa shape index (κ3) is 1.76. The maximum atomic E-state index is 9.43. The molecular formula is C8H8BrNO2. The number of halogens is 1. The second kappa shape index (κ2) is 3.58. The number of phenolic OH excluding ortho intramolecular Hbond substituents is 1. The van der Waals surface area contributed by atoms with Crippen molar-refractivity contribution < 1.29 is 10.3 Å². The van der Waals surface area contributed by atoms with Crippen LogP contribution in [-0.4, -0.2) is 16.5 Å². The zero-order chi connectivity index (χ0) is 9.14. The number of hydrogen-bond donors (Lipinski definition) is 2. The number of aryl methyl sites for hydroxylation is 1. The summed E-state index contributed by atoms with van der Waals surface area (Å²) in [6.45, 7) is 1.77. The molecule has 0 amide bonds. The Labute approximate surface area is 78.5 Å². The first-order chi connectivity index (χ1) is 5.65. The van der Waals surface area contributed by atoms with Gasteiger partial charge in [-0.2, -0.15) is 0 Å². The van der Waals surface area contributed by atoms with Crippen molar-refractivity contribution in [2.75, 3.05) is 0 Å². The van der Waals surface area contributed by atoms with Crippen molar-refractivity contribution in [2.24, 2.45) is 5.16 Å². The topological polar surface area (TPSA) is 52.8 Å². The molecule has 1 aromatic carbocycles. The zero-order valence-electron chi connectivity index (χ0n) is 6.45. The van der Waals surface area contributed by atoms with E-state index in [1.807, 2.05) is 0 Å². The fourth-order valence-electron chi connectivity index (χ4n) is 0.922. The number of rotatable bonds is 1. The summed E-state index contributed by atoms with van der Waals surface area (Å²) in [7, 11) is 0. The molecule has 0 bridgehead atoms. The third-order valence-corrected chi connectivity index (χ3v) is 1.95. The minimum Gasteiger partial charge on any atom is -0.507 e. The number of benzene rings is 1. The molecule has 0 aliphatic heterocycles. The van der Waals surface area contributed by atoms with Crippen LogP contribution in [0.4, 0.5) is 0 Å². The molecule has 64 valence electrons. The van der Waals surface area contributed by atoms with Gasteiger partial charge >= 0.3 is 0 Å². The molecule has 0 heterocycles. The molecule has 0 radical (unpaired) electrons. The molecule has 0 saturated carbocycles. The van der Waals surface area contributed by atoms with Crippen LogP contribution >= 0.6 is 15.9 Å². The molecule has 2 N–H and O–H groups in total. The molecular weight excluding hydrogens is 222 g/mol. The van der Waals surface area contributed by atoms with E-state index in [-0.39, 0.29) is 5.75 Å². The molecule has 3 nitrogen and oxygen atoms in total. The van der Waals surface area contributed by atoms with E-state index in [0.717, 1.165) is 10.0 Å². The summed E-state index contributed by atoms with van der Waals surface area (Å²) in [5.74, 6) is 0.135. The van der Waals surface area contributed by atoms with E-state index in [2.05, 4.69) is 21.1 Å². The lowest BCUT2D eigenvalue weighted by Gasteiger charge is -2.02. The predicted molar refractivity (Wildman–Crippen MR) is 49.9 cm³/mol. The SMILES string of the molecule is Cc1cc(Br)cc(/C=N/O)c1O. The lowest BCUT2D eigenvalue weighted by molar-refractivity contribution is 0.321. The summed E-state index contributed by atoms with van der Waals surface area (Å²) in [5.41, 5.74) is 1.23. The fraction of sp³-hybridized carbons (Fsp3) is 0.125. The molecule has 0 atom stereocenters. The fourth-order valence-corrected chi connectivity index (χ4v) is 1.51. The average molecular weight is 230 g/mol. The Morgan fingerprint density at radius 3 is 2.75 bits per heavy atom. The molecule has 0 fully saturated rings. The van der Waals surface area contributed by atoms with Crippen LogP contribution in [0, 0.1) is 6.92 Å². The quantitative estimate of drug-likeness (QED) is 0.441. The van der Waals surface area contributed by atoms with Gasteiger partial charge in [-0.3, -0.25) is 0 Å². The van der Waals surface area contributed by atoms with Crippen molar-refractivity contribution >= 4 is 22.1 Å². The molecule has 1 aromatic rings. The van der Waals surface area contributed by atoms with E-state index in [0.29, 0.717) is 5.56 Å². The molecule has 0 aliphatic rings. The molecule has 12 heavy (non-hydrogen) atoms. The van der Waals surface area contributed by atoms with Gasteiger partial charge in [-0.05, 0) is 24.6 Å². The van der Waals surface area contributed by atoms with E-state index in [1.54, 1.807) is 19.1 Å².